The van der Waals surface area contributed by atoms with E-state index in [1.165, 1.54) is 4.90 Å². The summed E-state index contributed by atoms with van der Waals surface area (Å²) in [5.74, 6) is -0.854. The number of rotatable bonds is 6. The van der Waals surface area contributed by atoms with E-state index in [0.29, 0.717) is 28.8 Å². The van der Waals surface area contributed by atoms with Crippen LogP contribution in [0.2, 0.25) is 0 Å². The molecule has 0 bridgehead atoms. The van der Waals surface area contributed by atoms with Crippen LogP contribution in [0.5, 0.6) is 0 Å². The lowest BCUT2D eigenvalue weighted by atomic mass is 10.1. The highest BCUT2D eigenvalue weighted by Crippen LogP contribution is 2.26. The third kappa shape index (κ3) is 4.54. The maximum absolute atomic E-state index is 12.5. The molecular formula is C23H22BrN3O4. The summed E-state index contributed by atoms with van der Waals surface area (Å²) in [4.78, 5) is 52.5. The zero-order valence-corrected chi connectivity index (χ0v) is 18.5. The molecule has 7 nitrogen and oxygen atoms in total. The van der Waals surface area contributed by atoms with Crippen LogP contribution < -0.4 is 5.32 Å². The number of hydrogen-bond donors (Lipinski definition) is 1. The molecule has 8 heteroatoms. The SMILES string of the molecule is O=C(CCCN1C(=O)c2ccc(Br)cc2C1=O)Nc1ccc(C(=O)N2CCCC2)cc1. The first-order valence-corrected chi connectivity index (χ1v) is 11.1. The van der Waals surface area contributed by atoms with Gasteiger partial charge < -0.3 is 10.2 Å². The molecule has 0 unspecified atom stereocenters. The van der Waals surface area contributed by atoms with Gasteiger partial charge in [-0.2, -0.15) is 0 Å². The number of imide groups is 1. The molecule has 2 aliphatic rings. The van der Waals surface area contributed by atoms with Crippen molar-refractivity contribution < 1.29 is 19.2 Å². The quantitative estimate of drug-likeness (QED) is 0.634. The van der Waals surface area contributed by atoms with Crippen molar-refractivity contribution in [2.45, 2.75) is 25.7 Å². The maximum Gasteiger partial charge on any atom is 0.261 e. The number of hydrogen-bond acceptors (Lipinski definition) is 4. The Morgan fingerprint density at radius 2 is 1.61 bits per heavy atom. The van der Waals surface area contributed by atoms with Crippen molar-refractivity contribution >= 4 is 45.2 Å². The maximum atomic E-state index is 12.5. The second kappa shape index (κ2) is 9.01. The summed E-state index contributed by atoms with van der Waals surface area (Å²) in [5.41, 5.74) is 1.99. The fraction of sp³-hybridized carbons (Fsp3) is 0.304. The molecule has 0 aromatic heterocycles. The largest absolute Gasteiger partial charge is 0.339 e. The molecule has 2 aromatic carbocycles. The topological polar surface area (TPSA) is 86.8 Å². The number of amides is 4. The molecule has 0 aliphatic carbocycles. The average Bonchev–Trinajstić information content (AvgIpc) is 3.37. The minimum absolute atomic E-state index is 0.0170. The van der Waals surface area contributed by atoms with Gasteiger partial charge >= 0.3 is 0 Å². The summed E-state index contributed by atoms with van der Waals surface area (Å²) >= 11 is 3.31. The first-order valence-electron chi connectivity index (χ1n) is 10.3. The molecule has 1 N–H and O–H groups in total. The van der Waals surface area contributed by atoms with Crippen LogP contribution >= 0.6 is 15.9 Å². The fourth-order valence-electron chi connectivity index (χ4n) is 3.89. The minimum atomic E-state index is -0.333. The minimum Gasteiger partial charge on any atom is -0.339 e. The van der Waals surface area contributed by atoms with Crippen molar-refractivity contribution in [3.8, 4) is 0 Å². The molecule has 4 rings (SSSR count). The van der Waals surface area contributed by atoms with E-state index in [2.05, 4.69) is 21.2 Å². The van der Waals surface area contributed by atoms with Crippen molar-refractivity contribution in [1.29, 1.82) is 0 Å². The Morgan fingerprint density at radius 3 is 2.32 bits per heavy atom. The summed E-state index contributed by atoms with van der Waals surface area (Å²) in [5, 5.41) is 2.79. The van der Waals surface area contributed by atoms with Crippen LogP contribution in [0.15, 0.2) is 46.9 Å². The Balaban J connectivity index is 1.27. The first-order chi connectivity index (χ1) is 14.9. The van der Waals surface area contributed by atoms with Crippen molar-refractivity contribution in [2.75, 3.05) is 25.0 Å². The van der Waals surface area contributed by atoms with Gasteiger partial charge in [0.05, 0.1) is 11.1 Å². The van der Waals surface area contributed by atoms with E-state index in [9.17, 15) is 19.2 Å². The number of carbonyl (C=O) groups is 4. The predicted octanol–water partition coefficient (Wildman–Crippen LogP) is 3.70. The molecule has 0 radical (unpaired) electrons. The van der Waals surface area contributed by atoms with Crippen molar-refractivity contribution in [1.82, 2.24) is 9.80 Å². The summed E-state index contributed by atoms with van der Waals surface area (Å²) in [6, 6.07) is 11.8. The highest BCUT2D eigenvalue weighted by atomic mass is 79.9. The standard InChI is InChI=1S/C23H22BrN3O4/c24-16-7-10-18-19(14-16)23(31)27(22(18)30)13-3-4-20(28)25-17-8-5-15(6-9-17)21(29)26-11-1-2-12-26/h5-10,14H,1-4,11-13H2,(H,25,28). The highest BCUT2D eigenvalue weighted by Gasteiger charge is 2.35. The molecule has 31 heavy (non-hydrogen) atoms. The van der Waals surface area contributed by atoms with E-state index < -0.39 is 0 Å². The van der Waals surface area contributed by atoms with Crippen LogP contribution in [-0.4, -0.2) is 53.1 Å². The summed E-state index contributed by atoms with van der Waals surface area (Å²) in [7, 11) is 0. The third-order valence-corrected chi connectivity index (χ3v) is 6.02. The number of halogens is 1. The van der Waals surface area contributed by atoms with Crippen LogP contribution in [0.25, 0.3) is 0 Å². The van der Waals surface area contributed by atoms with Crippen LogP contribution in [0.3, 0.4) is 0 Å². The second-order valence-electron chi connectivity index (χ2n) is 7.68. The van der Waals surface area contributed by atoms with Gasteiger partial charge in [-0.1, -0.05) is 15.9 Å². The van der Waals surface area contributed by atoms with Gasteiger partial charge in [-0.3, -0.25) is 24.1 Å². The number of benzene rings is 2. The Morgan fingerprint density at radius 1 is 0.935 bits per heavy atom. The van der Waals surface area contributed by atoms with E-state index in [0.717, 1.165) is 30.4 Å². The second-order valence-corrected chi connectivity index (χ2v) is 8.60. The van der Waals surface area contributed by atoms with Crippen LogP contribution in [0.4, 0.5) is 5.69 Å². The summed E-state index contributed by atoms with van der Waals surface area (Å²) in [6.45, 7) is 1.77. The van der Waals surface area contributed by atoms with Gasteiger partial charge in [0.25, 0.3) is 17.7 Å². The van der Waals surface area contributed by atoms with Crippen LogP contribution in [-0.2, 0) is 4.79 Å². The molecule has 1 saturated heterocycles. The highest BCUT2D eigenvalue weighted by molar-refractivity contribution is 9.10. The third-order valence-electron chi connectivity index (χ3n) is 5.53. The summed E-state index contributed by atoms with van der Waals surface area (Å²) in [6.07, 6.45) is 2.62. The van der Waals surface area contributed by atoms with Gasteiger partial charge in [-0.05, 0) is 61.7 Å². The van der Waals surface area contributed by atoms with Crippen molar-refractivity contribution in [2.24, 2.45) is 0 Å². The lowest BCUT2D eigenvalue weighted by Crippen LogP contribution is -2.31. The van der Waals surface area contributed by atoms with Gasteiger partial charge in [0.2, 0.25) is 5.91 Å². The van der Waals surface area contributed by atoms with Crippen molar-refractivity contribution in [3.05, 3.63) is 63.6 Å². The number of fused-ring (bicyclic) bond motifs is 1. The summed E-state index contributed by atoms with van der Waals surface area (Å²) < 4.78 is 0.738. The molecule has 2 heterocycles. The molecule has 4 amide bonds. The van der Waals surface area contributed by atoms with Gasteiger partial charge in [0.15, 0.2) is 0 Å². The number of nitrogens with zero attached hydrogens (tertiary/aromatic N) is 2. The average molecular weight is 484 g/mol. The molecule has 0 spiro atoms. The zero-order valence-electron chi connectivity index (χ0n) is 16.9. The number of nitrogens with one attached hydrogen (secondary N) is 1. The molecule has 2 aliphatic heterocycles. The molecule has 1 fully saturated rings. The Bertz CT molecular complexity index is 1050. The molecule has 0 saturated carbocycles. The Hall–Kier alpha value is -3.00. The Labute approximate surface area is 188 Å². The number of anilines is 1. The van der Waals surface area contributed by atoms with E-state index >= 15 is 0 Å². The van der Waals surface area contributed by atoms with E-state index in [4.69, 9.17) is 0 Å². The lowest BCUT2D eigenvalue weighted by Gasteiger charge is -2.15. The monoisotopic (exact) mass is 483 g/mol. The lowest BCUT2D eigenvalue weighted by molar-refractivity contribution is -0.116. The predicted molar refractivity (Wildman–Crippen MR) is 119 cm³/mol. The van der Waals surface area contributed by atoms with Crippen LogP contribution in [0, 0.1) is 0 Å². The molecular weight excluding hydrogens is 462 g/mol. The molecule has 2 aromatic rings. The fourth-order valence-corrected chi connectivity index (χ4v) is 4.25. The van der Waals surface area contributed by atoms with Gasteiger partial charge in [-0.25, -0.2) is 0 Å². The van der Waals surface area contributed by atoms with Crippen molar-refractivity contribution in [3.63, 3.8) is 0 Å². The Kier molecular flexibility index (Phi) is 6.18. The van der Waals surface area contributed by atoms with E-state index in [1.54, 1.807) is 42.5 Å². The normalized spacial score (nSPS) is 15.4. The smallest absolute Gasteiger partial charge is 0.261 e. The first kappa shape index (κ1) is 21.2. The van der Waals surface area contributed by atoms with Gasteiger partial charge in [-0.15, -0.1) is 0 Å². The number of likely N-dealkylation sites (tertiary alicyclic amines) is 1. The zero-order chi connectivity index (χ0) is 22.0. The van der Waals surface area contributed by atoms with E-state index in [-0.39, 0.29) is 36.6 Å². The number of carbonyl (C=O) groups excluding carboxylic acids is 4. The molecule has 160 valence electrons. The van der Waals surface area contributed by atoms with Gasteiger partial charge in [0, 0.05) is 41.8 Å². The van der Waals surface area contributed by atoms with Gasteiger partial charge in [0.1, 0.15) is 0 Å². The molecule has 0 atom stereocenters. The van der Waals surface area contributed by atoms with Crippen LogP contribution in [0.1, 0.15) is 56.8 Å². The van der Waals surface area contributed by atoms with E-state index in [1.807, 2.05) is 4.90 Å².